The number of methoxy groups -OCH3 is 1. The van der Waals surface area contributed by atoms with Crippen LogP contribution in [0.1, 0.15) is 44.6 Å². The summed E-state index contributed by atoms with van der Waals surface area (Å²) in [5.41, 5.74) is 0.831. The number of phenolic OH excluding ortho intramolecular Hbond substituents is 1. The zero-order valence-corrected chi connectivity index (χ0v) is 17.9. The maximum Gasteiger partial charge on any atom is 0.410 e. The van der Waals surface area contributed by atoms with Gasteiger partial charge in [0.15, 0.2) is 11.5 Å². The molecule has 166 valence electrons. The summed E-state index contributed by atoms with van der Waals surface area (Å²) in [6, 6.07) is 4.80. The Labute approximate surface area is 178 Å². The van der Waals surface area contributed by atoms with Gasteiger partial charge in [0.25, 0.3) is 0 Å². The van der Waals surface area contributed by atoms with Crippen LogP contribution in [0, 0.1) is 5.92 Å². The number of urea groups is 1. The Kier molecular flexibility index (Phi) is 7.65. The second-order valence-electron chi connectivity index (χ2n) is 8.07. The lowest BCUT2D eigenvalue weighted by Crippen LogP contribution is -2.53. The van der Waals surface area contributed by atoms with Gasteiger partial charge < -0.3 is 29.7 Å². The maximum absolute atomic E-state index is 12.4. The highest BCUT2D eigenvalue weighted by Gasteiger charge is 2.28. The molecule has 0 radical (unpaired) electrons. The van der Waals surface area contributed by atoms with E-state index in [-0.39, 0.29) is 24.0 Å². The average Bonchev–Trinajstić information content (AvgIpc) is 2.78. The molecule has 2 aliphatic rings. The standard InChI is InChI=1S/C22H33N3O5/c1-3-16-4-7-18(8-5-16)30-22(28)25-12-10-24(11-13-25)21(27)23-15-17-6-9-19(26)20(14-17)29-2/h6,9,14,16,18,26H,3-5,7-8,10-13,15H2,1-2H3,(H,23,27). The van der Waals surface area contributed by atoms with Gasteiger partial charge in [-0.25, -0.2) is 9.59 Å². The lowest BCUT2D eigenvalue weighted by Gasteiger charge is -2.35. The van der Waals surface area contributed by atoms with Crippen molar-refractivity contribution in [3.63, 3.8) is 0 Å². The normalized spacial score (nSPS) is 21.8. The zero-order valence-electron chi connectivity index (χ0n) is 17.9. The van der Waals surface area contributed by atoms with Gasteiger partial charge in [-0.2, -0.15) is 0 Å². The molecule has 1 aliphatic heterocycles. The number of amides is 3. The summed E-state index contributed by atoms with van der Waals surface area (Å²) in [5.74, 6) is 1.20. The first-order valence-corrected chi connectivity index (χ1v) is 10.8. The van der Waals surface area contributed by atoms with Crippen LogP contribution in [0.3, 0.4) is 0 Å². The molecule has 1 aromatic rings. The quantitative estimate of drug-likeness (QED) is 0.764. The number of aromatic hydroxyl groups is 1. The lowest BCUT2D eigenvalue weighted by molar-refractivity contribution is 0.0289. The van der Waals surface area contributed by atoms with Gasteiger partial charge in [-0.1, -0.05) is 19.4 Å². The van der Waals surface area contributed by atoms with Gasteiger partial charge in [0, 0.05) is 32.7 Å². The highest BCUT2D eigenvalue weighted by atomic mass is 16.6. The van der Waals surface area contributed by atoms with Gasteiger partial charge in [-0.3, -0.25) is 0 Å². The number of carbonyl (C=O) groups excluding carboxylic acids is 2. The third-order valence-corrected chi connectivity index (χ3v) is 6.15. The fraction of sp³-hybridized carbons (Fsp3) is 0.636. The number of piperazine rings is 1. The second-order valence-corrected chi connectivity index (χ2v) is 8.07. The number of rotatable bonds is 5. The molecule has 8 heteroatoms. The summed E-state index contributed by atoms with van der Waals surface area (Å²) in [6.07, 6.45) is 5.15. The molecule has 0 aromatic heterocycles. The highest BCUT2D eigenvalue weighted by Crippen LogP contribution is 2.29. The van der Waals surface area contributed by atoms with Crippen LogP contribution in [-0.2, 0) is 11.3 Å². The highest BCUT2D eigenvalue weighted by molar-refractivity contribution is 5.75. The van der Waals surface area contributed by atoms with Crippen LogP contribution in [0.25, 0.3) is 0 Å². The maximum atomic E-state index is 12.4. The van der Waals surface area contributed by atoms with Crippen molar-refractivity contribution in [1.82, 2.24) is 15.1 Å². The molecule has 2 fully saturated rings. The first-order chi connectivity index (χ1) is 14.5. The summed E-state index contributed by atoms with van der Waals surface area (Å²) in [7, 11) is 1.48. The molecule has 1 saturated heterocycles. The summed E-state index contributed by atoms with van der Waals surface area (Å²) < 4.78 is 10.8. The summed E-state index contributed by atoms with van der Waals surface area (Å²) in [5, 5.41) is 12.5. The molecular formula is C22H33N3O5. The van der Waals surface area contributed by atoms with Gasteiger partial charge in [0.2, 0.25) is 0 Å². The van der Waals surface area contributed by atoms with Crippen molar-refractivity contribution in [2.45, 2.75) is 51.7 Å². The summed E-state index contributed by atoms with van der Waals surface area (Å²) in [4.78, 5) is 28.3. The van der Waals surface area contributed by atoms with Gasteiger partial charge in [0.05, 0.1) is 7.11 Å². The minimum Gasteiger partial charge on any atom is -0.504 e. The van der Waals surface area contributed by atoms with Gasteiger partial charge >= 0.3 is 12.1 Å². The van der Waals surface area contributed by atoms with Crippen molar-refractivity contribution in [3.05, 3.63) is 23.8 Å². The Morgan fingerprint density at radius 2 is 1.77 bits per heavy atom. The first-order valence-electron chi connectivity index (χ1n) is 10.8. The van der Waals surface area contributed by atoms with E-state index in [0.29, 0.717) is 38.5 Å². The van der Waals surface area contributed by atoms with Crippen LogP contribution in [0.15, 0.2) is 18.2 Å². The molecule has 3 rings (SSSR count). The number of carbonyl (C=O) groups is 2. The second kappa shape index (κ2) is 10.4. The SMILES string of the molecule is CCC1CCC(OC(=O)N2CCN(C(=O)NCc3ccc(O)c(OC)c3)CC2)CC1. The van der Waals surface area contributed by atoms with Gasteiger partial charge in [0.1, 0.15) is 6.10 Å². The number of nitrogens with zero attached hydrogens (tertiary/aromatic N) is 2. The van der Waals surface area contributed by atoms with Crippen LogP contribution in [-0.4, -0.2) is 66.4 Å². The molecule has 1 aliphatic carbocycles. The molecule has 1 heterocycles. The van der Waals surface area contributed by atoms with Crippen molar-refractivity contribution < 1.29 is 24.2 Å². The Hall–Kier alpha value is -2.64. The third kappa shape index (κ3) is 5.70. The van der Waals surface area contributed by atoms with E-state index in [9.17, 15) is 14.7 Å². The average molecular weight is 420 g/mol. The predicted molar refractivity (Wildman–Crippen MR) is 113 cm³/mol. The number of hydrogen-bond donors (Lipinski definition) is 2. The van der Waals surface area contributed by atoms with Crippen molar-refractivity contribution in [3.8, 4) is 11.5 Å². The topological polar surface area (TPSA) is 91.3 Å². The molecule has 3 amide bonds. The Morgan fingerprint density at radius 3 is 2.40 bits per heavy atom. The number of nitrogens with one attached hydrogen (secondary N) is 1. The minimum absolute atomic E-state index is 0.0314. The van der Waals surface area contributed by atoms with Crippen LogP contribution in [0.2, 0.25) is 0 Å². The molecule has 0 bridgehead atoms. The third-order valence-electron chi connectivity index (χ3n) is 6.15. The van der Waals surface area contributed by atoms with E-state index in [4.69, 9.17) is 9.47 Å². The number of phenols is 1. The van der Waals surface area contributed by atoms with E-state index in [1.807, 2.05) is 0 Å². The first kappa shape index (κ1) is 22.1. The van der Waals surface area contributed by atoms with E-state index >= 15 is 0 Å². The Morgan fingerprint density at radius 1 is 1.10 bits per heavy atom. The van der Waals surface area contributed by atoms with E-state index in [0.717, 1.165) is 37.2 Å². The largest absolute Gasteiger partial charge is 0.504 e. The van der Waals surface area contributed by atoms with E-state index in [1.165, 1.54) is 13.5 Å². The van der Waals surface area contributed by atoms with Crippen LogP contribution >= 0.6 is 0 Å². The van der Waals surface area contributed by atoms with Gasteiger partial charge in [-0.15, -0.1) is 0 Å². The molecule has 30 heavy (non-hydrogen) atoms. The number of ether oxygens (including phenoxy) is 2. The smallest absolute Gasteiger partial charge is 0.410 e. The van der Waals surface area contributed by atoms with Crippen LogP contribution < -0.4 is 10.1 Å². The molecule has 1 saturated carbocycles. The molecule has 2 N–H and O–H groups in total. The predicted octanol–water partition coefficient (Wildman–Crippen LogP) is 3.33. The van der Waals surface area contributed by atoms with Crippen molar-refractivity contribution in [1.29, 1.82) is 0 Å². The Balaban J connectivity index is 1.39. The van der Waals surface area contributed by atoms with Crippen LogP contribution in [0.4, 0.5) is 9.59 Å². The summed E-state index contributed by atoms with van der Waals surface area (Å²) in [6.45, 7) is 4.45. The molecule has 0 unspecified atom stereocenters. The molecular weight excluding hydrogens is 386 g/mol. The molecule has 8 nitrogen and oxygen atoms in total. The molecule has 1 aromatic carbocycles. The van der Waals surface area contributed by atoms with E-state index in [1.54, 1.807) is 28.0 Å². The van der Waals surface area contributed by atoms with Gasteiger partial charge in [-0.05, 0) is 49.3 Å². The number of hydrogen-bond acceptors (Lipinski definition) is 5. The summed E-state index contributed by atoms with van der Waals surface area (Å²) >= 11 is 0. The lowest BCUT2D eigenvalue weighted by atomic mass is 9.86. The van der Waals surface area contributed by atoms with E-state index in [2.05, 4.69) is 12.2 Å². The minimum atomic E-state index is -0.258. The monoisotopic (exact) mass is 419 g/mol. The van der Waals surface area contributed by atoms with E-state index < -0.39 is 0 Å². The zero-order chi connectivity index (χ0) is 21.5. The molecule has 0 atom stereocenters. The molecule has 0 spiro atoms. The van der Waals surface area contributed by atoms with Crippen molar-refractivity contribution in [2.75, 3.05) is 33.3 Å². The van der Waals surface area contributed by atoms with Crippen molar-refractivity contribution >= 4 is 12.1 Å². The number of benzene rings is 1. The fourth-order valence-electron chi connectivity index (χ4n) is 4.09. The van der Waals surface area contributed by atoms with Crippen molar-refractivity contribution in [2.24, 2.45) is 5.92 Å². The Bertz CT molecular complexity index is 725. The fourth-order valence-corrected chi connectivity index (χ4v) is 4.09. The van der Waals surface area contributed by atoms with Crippen LogP contribution in [0.5, 0.6) is 11.5 Å².